The van der Waals surface area contributed by atoms with Crippen LogP contribution in [0.25, 0.3) is 11.1 Å². The second-order valence-electron chi connectivity index (χ2n) is 16.7. The molecule has 0 aromatic heterocycles. The predicted octanol–water partition coefficient (Wildman–Crippen LogP) is 14.8. The maximum absolute atomic E-state index is 13.1. The molecule has 4 aromatic carbocycles. The van der Waals surface area contributed by atoms with Crippen LogP contribution in [0.3, 0.4) is 0 Å². The van der Waals surface area contributed by atoms with Crippen molar-refractivity contribution >= 4 is 23.3 Å². The lowest BCUT2D eigenvalue weighted by atomic mass is 9.93. The highest BCUT2D eigenvalue weighted by Gasteiger charge is 2.30. The number of benzene rings is 4. The van der Waals surface area contributed by atoms with Gasteiger partial charge in [-0.05, 0) is 98.5 Å². The lowest BCUT2D eigenvalue weighted by Gasteiger charge is -2.14. The Morgan fingerprint density at radius 2 is 0.734 bits per heavy atom. The summed E-state index contributed by atoms with van der Waals surface area (Å²) in [6, 6.07) is 18.0. The summed E-state index contributed by atoms with van der Waals surface area (Å²) < 4.78 is 22.8. The van der Waals surface area contributed by atoms with Gasteiger partial charge in [0.25, 0.3) is 11.4 Å². The van der Waals surface area contributed by atoms with Crippen molar-refractivity contribution in [2.24, 2.45) is 0 Å². The molecule has 12 heteroatoms. The maximum atomic E-state index is 13.1. The Morgan fingerprint density at radius 3 is 1.03 bits per heavy atom. The molecule has 0 unspecified atom stereocenters. The van der Waals surface area contributed by atoms with Gasteiger partial charge in [-0.3, -0.25) is 20.2 Å². The number of esters is 2. The Hall–Kier alpha value is -5.78. The van der Waals surface area contributed by atoms with E-state index < -0.39 is 33.2 Å². The van der Waals surface area contributed by atoms with Gasteiger partial charge in [-0.25, -0.2) is 9.59 Å². The van der Waals surface area contributed by atoms with Crippen LogP contribution in [-0.4, -0.2) is 35.0 Å². The van der Waals surface area contributed by atoms with E-state index >= 15 is 0 Å². The molecule has 4 rings (SSSR count). The fourth-order valence-corrected chi connectivity index (χ4v) is 7.79. The van der Waals surface area contributed by atoms with E-state index in [1.807, 2.05) is 0 Å². The van der Waals surface area contributed by atoms with Gasteiger partial charge in [0.05, 0.1) is 57.4 Å². The molecule has 0 bridgehead atoms. The summed E-state index contributed by atoms with van der Waals surface area (Å²) in [7, 11) is 0. The predicted molar refractivity (Wildman–Crippen MR) is 252 cm³/mol. The highest BCUT2D eigenvalue weighted by atomic mass is 16.6. The molecule has 0 saturated carbocycles. The summed E-state index contributed by atoms with van der Waals surface area (Å²) in [5, 5.41) is 24.9. The molecule has 0 spiro atoms. The van der Waals surface area contributed by atoms with Gasteiger partial charge in [0, 0.05) is 0 Å². The number of nitrogens with zero attached hydrogens (tertiary/aromatic N) is 2. The Balaban J connectivity index is 1.32. The number of nitro groups is 2. The second kappa shape index (κ2) is 28.1. The largest absolute Gasteiger partial charge is 0.494 e. The molecule has 0 aliphatic rings. The summed E-state index contributed by atoms with van der Waals surface area (Å²) >= 11 is 0. The van der Waals surface area contributed by atoms with Crippen LogP contribution in [0, 0.1) is 34.1 Å². The molecule has 0 heterocycles. The molecule has 0 N–H and O–H groups in total. The first-order chi connectivity index (χ1) is 31.0. The van der Waals surface area contributed by atoms with Crippen molar-refractivity contribution in [3.63, 3.8) is 0 Å². The molecular formula is C52H68N2O10. The van der Waals surface area contributed by atoms with Crippen LogP contribution in [0.1, 0.15) is 174 Å². The molecule has 0 atom stereocenters. The Kier molecular flexibility index (Phi) is 22.3. The molecule has 0 radical (unpaired) electrons. The van der Waals surface area contributed by atoms with Gasteiger partial charge in [-0.2, -0.15) is 0 Å². The zero-order valence-electron chi connectivity index (χ0n) is 38.5. The minimum absolute atomic E-state index is 0.0239. The first kappa shape index (κ1) is 50.9. The molecule has 0 fully saturated rings. The van der Waals surface area contributed by atoms with Crippen molar-refractivity contribution in [3.8, 4) is 34.1 Å². The lowest BCUT2D eigenvalue weighted by molar-refractivity contribution is -0.386. The van der Waals surface area contributed by atoms with Gasteiger partial charge in [0.1, 0.15) is 23.0 Å². The zero-order chi connectivity index (χ0) is 46.1. The number of unbranched alkanes of at least 4 members (excludes halogenated alkanes) is 18. The molecule has 12 nitrogen and oxygen atoms in total. The summed E-state index contributed by atoms with van der Waals surface area (Å²) in [6.45, 7) is 8.70. The number of carbonyl (C=O) groups excluding carboxylic acids is 2. The van der Waals surface area contributed by atoms with Gasteiger partial charge in [-0.15, -0.1) is 0 Å². The van der Waals surface area contributed by atoms with E-state index in [1.54, 1.807) is 62.4 Å². The lowest BCUT2D eigenvalue weighted by Crippen LogP contribution is -2.10. The maximum Gasteiger partial charge on any atom is 0.343 e. The van der Waals surface area contributed by atoms with E-state index in [9.17, 15) is 29.8 Å². The van der Waals surface area contributed by atoms with E-state index in [0.717, 1.165) is 37.8 Å². The number of hydrogen-bond acceptors (Lipinski definition) is 10. The van der Waals surface area contributed by atoms with Crippen LogP contribution in [-0.2, 0) is 0 Å². The molecule has 0 saturated heterocycles. The second-order valence-corrected chi connectivity index (χ2v) is 16.7. The quantitative estimate of drug-likeness (QED) is 0.0157. The highest BCUT2D eigenvalue weighted by Crippen LogP contribution is 2.44. The van der Waals surface area contributed by atoms with E-state index in [0.29, 0.717) is 24.7 Å². The van der Waals surface area contributed by atoms with Gasteiger partial charge < -0.3 is 18.9 Å². The number of carbonyl (C=O) groups is 2. The number of rotatable bonds is 31. The van der Waals surface area contributed by atoms with Crippen LogP contribution in [0.5, 0.6) is 23.0 Å². The van der Waals surface area contributed by atoms with Crippen molar-refractivity contribution in [1.82, 2.24) is 0 Å². The van der Waals surface area contributed by atoms with Crippen molar-refractivity contribution in [2.45, 2.75) is 156 Å². The van der Waals surface area contributed by atoms with Crippen molar-refractivity contribution in [3.05, 3.63) is 115 Å². The third-order valence-electron chi connectivity index (χ3n) is 11.4. The van der Waals surface area contributed by atoms with Crippen LogP contribution in [0.4, 0.5) is 11.4 Å². The van der Waals surface area contributed by atoms with Crippen LogP contribution < -0.4 is 18.9 Å². The minimum atomic E-state index is -0.734. The molecule has 4 aromatic rings. The summed E-state index contributed by atoms with van der Waals surface area (Å²) in [5.41, 5.74) is -0.0752. The van der Waals surface area contributed by atoms with Crippen molar-refractivity contribution < 1.29 is 38.4 Å². The fraction of sp³-hybridized carbons (Fsp3) is 0.500. The molecule has 0 aliphatic heterocycles. The zero-order valence-corrected chi connectivity index (χ0v) is 38.5. The van der Waals surface area contributed by atoms with Gasteiger partial charge in [0.2, 0.25) is 0 Å². The third kappa shape index (κ3) is 17.1. The third-order valence-corrected chi connectivity index (χ3v) is 11.4. The summed E-state index contributed by atoms with van der Waals surface area (Å²) in [6.07, 6.45) is 24.6. The first-order valence-electron chi connectivity index (χ1n) is 23.5. The molecule has 346 valence electrons. The van der Waals surface area contributed by atoms with Crippen LogP contribution >= 0.6 is 0 Å². The van der Waals surface area contributed by atoms with E-state index in [-0.39, 0.29) is 44.9 Å². The number of ether oxygens (including phenoxy) is 4. The SMILES string of the molecule is CCCCCCCCCCCCOc1ccc(C(=O)Oc2cc(C)c(-c3c(C)cc(OC(=O)c4ccc(OCCCCCCCCCCCC)cc4)cc3[N+](=O)[O-])c([N+](=O)[O-])c2)cc1. The van der Waals surface area contributed by atoms with Gasteiger partial charge in [-0.1, -0.05) is 129 Å². The Labute approximate surface area is 379 Å². The molecule has 64 heavy (non-hydrogen) atoms. The summed E-state index contributed by atoms with van der Waals surface area (Å²) in [4.78, 5) is 49.8. The van der Waals surface area contributed by atoms with E-state index in [4.69, 9.17) is 18.9 Å². The van der Waals surface area contributed by atoms with Crippen molar-refractivity contribution in [2.75, 3.05) is 13.2 Å². The first-order valence-corrected chi connectivity index (χ1v) is 23.5. The standard InChI is InChI=1S/C52H68N2O10/c1-5-7-9-11-13-15-17-19-21-23-33-61-43-29-25-41(26-30-43)51(55)63-45-35-39(3)49(47(37-45)53(57)58)50-40(4)36-46(38-48(50)54(59)60)64-52(56)42-27-31-44(32-28-42)62-34-24-22-20-18-16-14-12-10-8-6-2/h25-32,35-38H,5-24,33-34H2,1-4H3. The number of hydrogen-bond donors (Lipinski definition) is 0. The van der Waals surface area contributed by atoms with E-state index in [2.05, 4.69) is 13.8 Å². The van der Waals surface area contributed by atoms with E-state index in [1.165, 1.54) is 115 Å². The molecule has 0 amide bonds. The Morgan fingerprint density at radius 1 is 0.438 bits per heavy atom. The van der Waals surface area contributed by atoms with Gasteiger partial charge >= 0.3 is 11.9 Å². The molecule has 0 aliphatic carbocycles. The van der Waals surface area contributed by atoms with Crippen LogP contribution in [0.2, 0.25) is 0 Å². The average Bonchev–Trinajstić information content (AvgIpc) is 3.27. The Bertz CT molecular complexity index is 1930. The topological polar surface area (TPSA) is 157 Å². The minimum Gasteiger partial charge on any atom is -0.494 e. The monoisotopic (exact) mass is 880 g/mol. The highest BCUT2D eigenvalue weighted by molar-refractivity contribution is 5.93. The average molecular weight is 881 g/mol. The fourth-order valence-electron chi connectivity index (χ4n) is 7.79. The normalized spacial score (nSPS) is 11.0. The number of nitro benzene ring substituents is 2. The number of aryl methyl sites for hydroxylation is 2. The van der Waals surface area contributed by atoms with Crippen molar-refractivity contribution in [1.29, 1.82) is 0 Å². The smallest absolute Gasteiger partial charge is 0.343 e. The summed E-state index contributed by atoms with van der Waals surface area (Å²) in [5.74, 6) is -0.421. The van der Waals surface area contributed by atoms with Crippen LogP contribution in [0.15, 0.2) is 72.8 Å². The molecular weight excluding hydrogens is 813 g/mol. The van der Waals surface area contributed by atoms with Gasteiger partial charge in [0.15, 0.2) is 0 Å².